The molecule has 0 aliphatic carbocycles. The average molecular weight is 462 g/mol. The van der Waals surface area contributed by atoms with Crippen molar-refractivity contribution in [1.29, 1.82) is 0 Å². The van der Waals surface area contributed by atoms with Crippen molar-refractivity contribution in [3.05, 3.63) is 34.6 Å². The Kier molecular flexibility index (Phi) is 7.62. The Hall–Kier alpha value is -2.51. The maximum Gasteiger partial charge on any atom is 0.490 e. The number of carboxylic acids is 1. The van der Waals surface area contributed by atoms with Gasteiger partial charge < -0.3 is 19.7 Å². The fourth-order valence-corrected chi connectivity index (χ4v) is 4.25. The zero-order valence-electron chi connectivity index (χ0n) is 16.2. The van der Waals surface area contributed by atoms with E-state index in [1.54, 1.807) is 17.4 Å². The highest BCUT2D eigenvalue weighted by Gasteiger charge is 2.41. The molecule has 2 aliphatic heterocycles. The Morgan fingerprint density at radius 2 is 2.13 bits per heavy atom. The van der Waals surface area contributed by atoms with E-state index in [2.05, 4.69) is 20.4 Å². The van der Waals surface area contributed by atoms with Crippen LogP contribution in [0.1, 0.15) is 22.0 Å². The molecule has 2 fully saturated rings. The lowest BCUT2D eigenvalue weighted by molar-refractivity contribution is -0.192. The van der Waals surface area contributed by atoms with Crippen LogP contribution < -0.4 is 5.32 Å². The minimum Gasteiger partial charge on any atom is -0.475 e. The molecule has 2 aliphatic rings. The molecule has 0 spiro atoms. The van der Waals surface area contributed by atoms with E-state index in [0.717, 1.165) is 37.7 Å². The summed E-state index contributed by atoms with van der Waals surface area (Å²) in [6.07, 6.45) is -0.564. The number of nitrogens with zero attached hydrogens (tertiary/aromatic N) is 3. The van der Waals surface area contributed by atoms with Crippen LogP contribution in [0.2, 0.25) is 0 Å². The quantitative estimate of drug-likeness (QED) is 0.693. The number of halogens is 3. The van der Waals surface area contributed by atoms with Crippen molar-refractivity contribution >= 4 is 23.2 Å². The molecule has 31 heavy (non-hydrogen) atoms. The molecule has 13 heteroatoms. The summed E-state index contributed by atoms with van der Waals surface area (Å²) in [6.45, 7) is 4.27. The number of alkyl halides is 3. The van der Waals surface area contributed by atoms with Crippen LogP contribution in [0.25, 0.3) is 0 Å². The minimum absolute atomic E-state index is 0.0565. The number of carbonyl (C=O) groups is 2. The highest BCUT2D eigenvalue weighted by molar-refractivity contribution is 7.09. The van der Waals surface area contributed by atoms with Gasteiger partial charge in [0.2, 0.25) is 5.76 Å². The van der Waals surface area contributed by atoms with Crippen LogP contribution in [0.3, 0.4) is 0 Å². The second-order valence-electron chi connectivity index (χ2n) is 7.13. The largest absolute Gasteiger partial charge is 0.490 e. The number of ether oxygens (including phenoxy) is 1. The van der Waals surface area contributed by atoms with E-state index in [9.17, 15) is 18.0 Å². The molecule has 4 heterocycles. The third-order valence-corrected chi connectivity index (χ3v) is 5.87. The van der Waals surface area contributed by atoms with Gasteiger partial charge in [-0.05, 0) is 18.9 Å². The van der Waals surface area contributed by atoms with Gasteiger partial charge in [-0.3, -0.25) is 9.69 Å². The van der Waals surface area contributed by atoms with E-state index in [0.29, 0.717) is 18.4 Å². The van der Waals surface area contributed by atoms with E-state index < -0.39 is 12.1 Å². The molecular formula is C18H21F3N4O5S. The number of aromatic nitrogens is 2. The van der Waals surface area contributed by atoms with E-state index in [1.165, 1.54) is 6.20 Å². The normalized spacial score (nSPS) is 23.5. The van der Waals surface area contributed by atoms with Crippen LogP contribution in [-0.4, -0.2) is 70.5 Å². The molecule has 9 nitrogen and oxygen atoms in total. The number of fused-ring (bicyclic) bond motifs is 1. The van der Waals surface area contributed by atoms with Crippen LogP contribution >= 0.6 is 11.3 Å². The number of carbonyl (C=O) groups excluding carboxylic acids is 1. The van der Waals surface area contributed by atoms with Crippen LogP contribution in [-0.2, 0) is 16.1 Å². The first-order chi connectivity index (χ1) is 14.7. The smallest absolute Gasteiger partial charge is 0.475 e. The molecule has 2 N–H and O–H groups in total. The third-order valence-electron chi connectivity index (χ3n) is 5.10. The van der Waals surface area contributed by atoms with Crippen molar-refractivity contribution < 1.29 is 37.1 Å². The number of carboxylic acid groups (broad SMARTS) is 1. The topological polar surface area (TPSA) is 118 Å². The summed E-state index contributed by atoms with van der Waals surface area (Å²) in [6, 6.07) is 1.56. The van der Waals surface area contributed by atoms with E-state index in [-0.39, 0.29) is 17.8 Å². The second kappa shape index (κ2) is 10.2. The molecule has 170 valence electrons. The fourth-order valence-electron chi connectivity index (χ4n) is 3.59. The van der Waals surface area contributed by atoms with Gasteiger partial charge in [0.15, 0.2) is 0 Å². The molecule has 1 amide bonds. The van der Waals surface area contributed by atoms with Gasteiger partial charge in [-0.2, -0.15) is 13.2 Å². The van der Waals surface area contributed by atoms with E-state index >= 15 is 0 Å². The molecule has 4 rings (SSSR count). The van der Waals surface area contributed by atoms with Gasteiger partial charge in [0, 0.05) is 36.7 Å². The summed E-state index contributed by atoms with van der Waals surface area (Å²) in [4.78, 5) is 27.7. The zero-order chi connectivity index (χ0) is 22.4. The summed E-state index contributed by atoms with van der Waals surface area (Å²) in [5.74, 6) is -1.72. The summed E-state index contributed by atoms with van der Waals surface area (Å²) in [5, 5.41) is 16.7. The van der Waals surface area contributed by atoms with Gasteiger partial charge >= 0.3 is 12.1 Å². The Bertz CT molecular complexity index is 847. The maximum absolute atomic E-state index is 12.0. The Morgan fingerprint density at radius 1 is 1.35 bits per heavy atom. The van der Waals surface area contributed by atoms with Crippen molar-refractivity contribution in [2.45, 2.75) is 25.2 Å². The summed E-state index contributed by atoms with van der Waals surface area (Å²) in [5.41, 5.74) is 0. The molecule has 3 atom stereocenters. The summed E-state index contributed by atoms with van der Waals surface area (Å²) < 4.78 is 42.6. The lowest BCUT2D eigenvalue weighted by Gasteiger charge is -2.35. The minimum atomic E-state index is -5.08. The number of aliphatic carboxylic acids is 1. The zero-order valence-corrected chi connectivity index (χ0v) is 17.1. The number of piperidine rings is 1. The predicted octanol–water partition coefficient (Wildman–Crippen LogP) is 2.03. The number of likely N-dealkylation sites (tertiary alicyclic amines) is 1. The van der Waals surface area contributed by atoms with Crippen molar-refractivity contribution in [2.24, 2.45) is 11.8 Å². The first-order valence-corrected chi connectivity index (χ1v) is 10.3. The number of amides is 1. The van der Waals surface area contributed by atoms with Gasteiger partial charge in [0.05, 0.1) is 25.5 Å². The van der Waals surface area contributed by atoms with Gasteiger partial charge in [-0.1, -0.05) is 5.16 Å². The van der Waals surface area contributed by atoms with Crippen LogP contribution in [0.5, 0.6) is 0 Å². The highest BCUT2D eigenvalue weighted by atomic mass is 32.1. The molecular weight excluding hydrogens is 441 g/mol. The lowest BCUT2D eigenvalue weighted by Crippen LogP contribution is -2.45. The van der Waals surface area contributed by atoms with Crippen molar-refractivity contribution in [1.82, 2.24) is 20.4 Å². The second-order valence-corrected chi connectivity index (χ2v) is 8.11. The van der Waals surface area contributed by atoms with Crippen LogP contribution in [0.4, 0.5) is 13.2 Å². The monoisotopic (exact) mass is 462 g/mol. The summed E-state index contributed by atoms with van der Waals surface area (Å²) in [7, 11) is 0. The number of hydrogen-bond acceptors (Lipinski definition) is 8. The van der Waals surface area contributed by atoms with Gasteiger partial charge in [-0.25, -0.2) is 9.78 Å². The molecule has 0 aromatic carbocycles. The fraction of sp³-hybridized carbons (Fsp3) is 0.556. The van der Waals surface area contributed by atoms with Crippen molar-refractivity contribution in [2.75, 3.05) is 26.2 Å². The van der Waals surface area contributed by atoms with Crippen molar-refractivity contribution in [3.63, 3.8) is 0 Å². The Balaban J connectivity index is 0.000000339. The Morgan fingerprint density at radius 3 is 2.74 bits per heavy atom. The van der Waals surface area contributed by atoms with E-state index in [4.69, 9.17) is 19.2 Å². The van der Waals surface area contributed by atoms with Crippen molar-refractivity contribution in [3.8, 4) is 0 Å². The standard InChI is InChI=1S/C16H20N4O3S.C2HF3O2/c21-16(13-1-3-19-23-13)18-7-14-12-8-20(5-2-11(12)10-22-14)9-15-17-4-6-24-15;3-2(4,5)1(6)7/h1,3-4,6,11-12,14H,2,5,7-10H2,(H,18,21);(H,6,7)/t11-,12-,14+;/m0./s1. The number of rotatable bonds is 5. The predicted molar refractivity (Wildman–Crippen MR) is 101 cm³/mol. The number of thiazole rings is 1. The molecule has 0 saturated carbocycles. The number of nitrogens with one attached hydrogen (secondary N) is 1. The average Bonchev–Trinajstić information content (AvgIpc) is 3.48. The number of hydrogen-bond donors (Lipinski definition) is 2. The van der Waals surface area contributed by atoms with Gasteiger partial charge in [0.1, 0.15) is 5.01 Å². The molecule has 2 aromatic heterocycles. The highest BCUT2D eigenvalue weighted by Crippen LogP contribution is 2.34. The SMILES string of the molecule is O=C(NC[C@H]1OC[C@@H]2CCN(Cc3nccs3)C[C@@H]21)c1ccno1.O=C(O)C(F)(F)F. The maximum atomic E-state index is 12.0. The first-order valence-electron chi connectivity index (χ1n) is 9.45. The Labute approximate surface area is 179 Å². The molecule has 0 radical (unpaired) electrons. The van der Waals surface area contributed by atoms with Crippen LogP contribution in [0, 0.1) is 11.8 Å². The molecule has 0 unspecified atom stereocenters. The van der Waals surface area contributed by atoms with Gasteiger partial charge in [-0.15, -0.1) is 11.3 Å². The molecule has 2 aromatic rings. The van der Waals surface area contributed by atoms with Gasteiger partial charge in [0.25, 0.3) is 5.91 Å². The third kappa shape index (κ3) is 6.48. The molecule has 2 saturated heterocycles. The van der Waals surface area contributed by atoms with E-state index in [1.807, 2.05) is 11.6 Å². The molecule has 0 bridgehead atoms. The first kappa shape index (κ1) is 23.2. The van der Waals surface area contributed by atoms with Crippen LogP contribution in [0.15, 0.2) is 28.4 Å². The lowest BCUT2D eigenvalue weighted by atomic mass is 9.84. The summed E-state index contributed by atoms with van der Waals surface area (Å²) >= 11 is 1.70.